The molecule has 2 unspecified atom stereocenters. The Bertz CT molecular complexity index is 433. The van der Waals surface area contributed by atoms with Crippen molar-refractivity contribution in [2.75, 3.05) is 0 Å². The molecule has 0 saturated heterocycles. The van der Waals surface area contributed by atoms with Gasteiger partial charge >= 0.3 is 0 Å². The fraction of sp³-hybridized carbons (Fsp3) is 0.562. The minimum absolute atomic E-state index is 0.108. The van der Waals surface area contributed by atoms with Gasteiger partial charge in [-0.15, -0.1) is 11.6 Å². The molecule has 1 aliphatic rings. The SMILES string of the molecule is Cc1cccc(CCC(=O)NC2CCCCC2Cl)c1. The Morgan fingerprint density at radius 3 is 2.89 bits per heavy atom. The fourth-order valence-electron chi connectivity index (χ4n) is 2.65. The molecule has 1 aliphatic carbocycles. The monoisotopic (exact) mass is 279 g/mol. The van der Waals surface area contributed by atoms with Crippen molar-refractivity contribution in [3.8, 4) is 0 Å². The maximum atomic E-state index is 11.9. The van der Waals surface area contributed by atoms with E-state index in [0.717, 1.165) is 19.3 Å². The third-order valence-corrected chi connectivity index (χ3v) is 4.27. The zero-order valence-corrected chi connectivity index (χ0v) is 12.2. The van der Waals surface area contributed by atoms with E-state index in [1.807, 2.05) is 6.07 Å². The third-order valence-electron chi connectivity index (χ3n) is 3.75. The van der Waals surface area contributed by atoms with E-state index in [1.165, 1.54) is 24.0 Å². The lowest BCUT2D eigenvalue weighted by Crippen LogP contribution is -2.42. The quantitative estimate of drug-likeness (QED) is 0.839. The lowest BCUT2D eigenvalue weighted by Gasteiger charge is -2.27. The number of carbonyl (C=O) groups is 1. The van der Waals surface area contributed by atoms with Crippen LogP contribution in [0.3, 0.4) is 0 Å². The molecule has 2 rings (SSSR count). The van der Waals surface area contributed by atoms with Crippen LogP contribution >= 0.6 is 11.6 Å². The van der Waals surface area contributed by atoms with Gasteiger partial charge in [0.05, 0.1) is 5.38 Å². The van der Waals surface area contributed by atoms with Crippen molar-refractivity contribution in [1.29, 1.82) is 0 Å². The highest BCUT2D eigenvalue weighted by Crippen LogP contribution is 2.23. The molecule has 0 radical (unpaired) electrons. The van der Waals surface area contributed by atoms with Crippen molar-refractivity contribution in [2.45, 2.75) is 56.9 Å². The molecule has 3 heteroatoms. The van der Waals surface area contributed by atoms with E-state index in [-0.39, 0.29) is 17.3 Å². The van der Waals surface area contributed by atoms with E-state index in [4.69, 9.17) is 11.6 Å². The molecular formula is C16H22ClNO. The highest BCUT2D eigenvalue weighted by Gasteiger charge is 2.24. The number of amides is 1. The molecule has 1 fully saturated rings. The van der Waals surface area contributed by atoms with Crippen LogP contribution in [-0.2, 0) is 11.2 Å². The molecule has 0 heterocycles. The minimum Gasteiger partial charge on any atom is -0.352 e. The zero-order chi connectivity index (χ0) is 13.7. The first-order valence-corrected chi connectivity index (χ1v) is 7.58. The van der Waals surface area contributed by atoms with Gasteiger partial charge in [-0.2, -0.15) is 0 Å². The highest BCUT2D eigenvalue weighted by atomic mass is 35.5. The van der Waals surface area contributed by atoms with Crippen LogP contribution in [0.15, 0.2) is 24.3 Å². The van der Waals surface area contributed by atoms with Crippen LogP contribution in [0.4, 0.5) is 0 Å². The van der Waals surface area contributed by atoms with E-state index >= 15 is 0 Å². The third kappa shape index (κ3) is 4.54. The van der Waals surface area contributed by atoms with Crippen LogP contribution in [0.5, 0.6) is 0 Å². The molecule has 104 valence electrons. The average Bonchev–Trinajstić information content (AvgIpc) is 2.39. The number of halogens is 1. The molecule has 19 heavy (non-hydrogen) atoms. The molecule has 1 N–H and O–H groups in total. The van der Waals surface area contributed by atoms with Crippen molar-refractivity contribution in [2.24, 2.45) is 0 Å². The predicted octanol–water partition coefficient (Wildman–Crippen LogP) is 3.59. The standard InChI is InChI=1S/C16H22ClNO/c1-12-5-4-6-13(11-12)9-10-16(19)18-15-8-3-2-7-14(15)17/h4-6,11,14-15H,2-3,7-10H2,1H3,(H,18,19). The first kappa shape index (κ1) is 14.4. The van der Waals surface area contributed by atoms with Gasteiger partial charge in [0, 0.05) is 12.5 Å². The van der Waals surface area contributed by atoms with E-state index in [0.29, 0.717) is 6.42 Å². The number of carbonyl (C=O) groups excluding carboxylic acids is 1. The van der Waals surface area contributed by atoms with Gasteiger partial charge in [0.1, 0.15) is 0 Å². The number of alkyl halides is 1. The second kappa shape index (κ2) is 6.95. The van der Waals surface area contributed by atoms with Crippen molar-refractivity contribution in [3.05, 3.63) is 35.4 Å². The summed E-state index contributed by atoms with van der Waals surface area (Å²) in [7, 11) is 0. The zero-order valence-electron chi connectivity index (χ0n) is 11.5. The van der Waals surface area contributed by atoms with Crippen molar-refractivity contribution < 1.29 is 4.79 Å². The molecule has 0 aliphatic heterocycles. The molecule has 0 spiro atoms. The van der Waals surface area contributed by atoms with Crippen LogP contribution in [0.2, 0.25) is 0 Å². The number of hydrogen-bond donors (Lipinski definition) is 1. The largest absolute Gasteiger partial charge is 0.352 e. The summed E-state index contributed by atoms with van der Waals surface area (Å²) in [5.74, 6) is 0.124. The van der Waals surface area contributed by atoms with E-state index in [9.17, 15) is 4.79 Å². The first-order chi connectivity index (χ1) is 9.15. The molecule has 1 aromatic carbocycles. The topological polar surface area (TPSA) is 29.1 Å². The van der Waals surface area contributed by atoms with E-state index < -0.39 is 0 Å². The summed E-state index contributed by atoms with van der Waals surface area (Å²) < 4.78 is 0. The Balaban J connectivity index is 1.78. The number of hydrogen-bond acceptors (Lipinski definition) is 1. The molecular weight excluding hydrogens is 258 g/mol. The van der Waals surface area contributed by atoms with Gasteiger partial charge in [0.15, 0.2) is 0 Å². The molecule has 0 aromatic heterocycles. The molecule has 2 atom stereocenters. The summed E-state index contributed by atoms with van der Waals surface area (Å²) in [5, 5.41) is 3.19. The van der Waals surface area contributed by atoms with Gasteiger partial charge in [-0.25, -0.2) is 0 Å². The second-order valence-electron chi connectivity index (χ2n) is 5.46. The van der Waals surface area contributed by atoms with Gasteiger partial charge in [-0.1, -0.05) is 42.7 Å². The maximum absolute atomic E-state index is 11.9. The Morgan fingerprint density at radius 2 is 2.16 bits per heavy atom. The average molecular weight is 280 g/mol. The first-order valence-electron chi connectivity index (χ1n) is 7.14. The Hall–Kier alpha value is -1.02. The van der Waals surface area contributed by atoms with E-state index in [1.54, 1.807) is 0 Å². The molecule has 0 bridgehead atoms. The summed E-state index contributed by atoms with van der Waals surface area (Å²) in [4.78, 5) is 11.9. The van der Waals surface area contributed by atoms with Crippen LogP contribution in [0.1, 0.15) is 43.2 Å². The number of benzene rings is 1. The summed E-state index contributed by atoms with van der Waals surface area (Å²) in [6.07, 6.45) is 5.74. The smallest absolute Gasteiger partial charge is 0.220 e. The predicted molar refractivity (Wildman–Crippen MR) is 79.5 cm³/mol. The van der Waals surface area contributed by atoms with Crippen molar-refractivity contribution in [1.82, 2.24) is 5.32 Å². The lowest BCUT2D eigenvalue weighted by molar-refractivity contribution is -0.121. The van der Waals surface area contributed by atoms with Gasteiger partial charge in [0.25, 0.3) is 0 Å². The van der Waals surface area contributed by atoms with E-state index in [2.05, 4.69) is 30.4 Å². The highest BCUT2D eigenvalue weighted by molar-refractivity contribution is 6.21. The van der Waals surface area contributed by atoms with Crippen LogP contribution in [0.25, 0.3) is 0 Å². The molecule has 1 aromatic rings. The molecule has 1 saturated carbocycles. The van der Waals surface area contributed by atoms with Gasteiger partial charge in [-0.05, 0) is 31.7 Å². The maximum Gasteiger partial charge on any atom is 0.220 e. The summed E-state index contributed by atoms with van der Waals surface area (Å²) in [6.45, 7) is 2.07. The molecule has 1 amide bonds. The fourth-order valence-corrected chi connectivity index (χ4v) is 3.00. The van der Waals surface area contributed by atoms with Crippen molar-refractivity contribution in [3.63, 3.8) is 0 Å². The van der Waals surface area contributed by atoms with Gasteiger partial charge in [0.2, 0.25) is 5.91 Å². The Labute approximate surface area is 120 Å². The second-order valence-corrected chi connectivity index (χ2v) is 6.02. The Morgan fingerprint density at radius 1 is 1.37 bits per heavy atom. The number of nitrogens with one attached hydrogen (secondary N) is 1. The number of rotatable bonds is 4. The summed E-state index contributed by atoms with van der Waals surface area (Å²) in [5.41, 5.74) is 2.47. The van der Waals surface area contributed by atoms with Crippen LogP contribution in [-0.4, -0.2) is 17.3 Å². The normalized spacial score (nSPS) is 23.1. The summed E-state index contributed by atoms with van der Waals surface area (Å²) >= 11 is 6.25. The van der Waals surface area contributed by atoms with Gasteiger partial charge < -0.3 is 5.32 Å². The van der Waals surface area contributed by atoms with Crippen LogP contribution < -0.4 is 5.32 Å². The number of aryl methyl sites for hydroxylation is 2. The lowest BCUT2D eigenvalue weighted by atomic mass is 9.94. The van der Waals surface area contributed by atoms with Gasteiger partial charge in [-0.3, -0.25) is 4.79 Å². The minimum atomic E-state index is 0.108. The molecule has 2 nitrogen and oxygen atoms in total. The van der Waals surface area contributed by atoms with Crippen LogP contribution in [0, 0.1) is 6.92 Å². The summed E-state index contributed by atoms with van der Waals surface area (Å²) in [6, 6.07) is 8.49. The Kier molecular flexibility index (Phi) is 5.26. The van der Waals surface area contributed by atoms with Crippen molar-refractivity contribution >= 4 is 17.5 Å².